The van der Waals surface area contributed by atoms with Crippen LogP contribution in [0.25, 0.3) is 0 Å². The van der Waals surface area contributed by atoms with Crippen molar-refractivity contribution in [1.29, 1.82) is 0 Å². The van der Waals surface area contributed by atoms with E-state index in [4.69, 9.17) is 47.4 Å². The molecule has 12 heteroatoms. The van der Waals surface area contributed by atoms with Crippen molar-refractivity contribution in [1.82, 2.24) is 0 Å². The van der Waals surface area contributed by atoms with Crippen LogP contribution < -0.4 is 9.47 Å². The zero-order valence-corrected chi connectivity index (χ0v) is 31.7. The molecule has 2 heterocycles. The molecule has 0 aromatic heterocycles. The lowest BCUT2D eigenvalue weighted by Gasteiger charge is -2.49. The highest BCUT2D eigenvalue weighted by Crippen LogP contribution is 2.35. The van der Waals surface area contributed by atoms with Gasteiger partial charge < -0.3 is 57.6 Å². The molecule has 2 aliphatic heterocycles. The molecule has 10 atom stereocenters. The highest BCUT2D eigenvalue weighted by molar-refractivity contribution is 5.27. The fraction of sp³-hybridized carbons (Fsp3) is 0.442. The molecule has 6 rings (SSSR count). The van der Waals surface area contributed by atoms with Crippen molar-refractivity contribution in [3.05, 3.63) is 131 Å². The second-order valence-electron chi connectivity index (χ2n) is 13.5. The van der Waals surface area contributed by atoms with E-state index in [1.807, 2.05) is 116 Å². The predicted molar refractivity (Wildman–Crippen MR) is 201 cm³/mol. The van der Waals surface area contributed by atoms with Gasteiger partial charge in [-0.25, -0.2) is 0 Å². The first-order chi connectivity index (χ1) is 26.9. The Morgan fingerprint density at radius 2 is 0.945 bits per heavy atom. The second kappa shape index (κ2) is 20.3. The molecule has 55 heavy (non-hydrogen) atoms. The van der Waals surface area contributed by atoms with Gasteiger partial charge in [-0.15, -0.1) is 0 Å². The molecule has 0 bridgehead atoms. The zero-order chi connectivity index (χ0) is 38.6. The zero-order valence-electron chi connectivity index (χ0n) is 31.7. The van der Waals surface area contributed by atoms with Crippen LogP contribution in [-0.2, 0) is 64.3 Å². The van der Waals surface area contributed by atoms with Gasteiger partial charge in [-0.2, -0.15) is 0 Å². The van der Waals surface area contributed by atoms with E-state index in [-0.39, 0.29) is 26.4 Å². The standard InChI is InChI=1S/C43H52O12/c1-28-37(49-24-29-11-7-5-8-12-29)39(41(42(48-4)53-28)52-25-30-13-9-6-10-14-30)55-43-40(51-27-32-17-21-34(47-3)22-18-32)38(36(45)35(23-44)54-43)50-26-31-15-19-33(46-2)20-16-31/h5-22,28,35-45H,23-27H2,1-4H3/t28-,35+,36-,37-,38-,39+,40+,41+,42+,43+/m0/s1. The van der Waals surface area contributed by atoms with Crippen LogP contribution in [0.3, 0.4) is 0 Å². The third-order valence-electron chi connectivity index (χ3n) is 9.82. The van der Waals surface area contributed by atoms with E-state index in [0.29, 0.717) is 11.5 Å². The molecule has 12 nitrogen and oxygen atoms in total. The average Bonchev–Trinajstić information content (AvgIpc) is 3.23. The molecule has 0 radical (unpaired) electrons. The molecule has 2 N–H and O–H groups in total. The molecule has 4 aromatic carbocycles. The summed E-state index contributed by atoms with van der Waals surface area (Å²) in [6.07, 6.45) is -9.10. The number of methoxy groups -OCH3 is 3. The van der Waals surface area contributed by atoms with Gasteiger partial charge in [0.2, 0.25) is 0 Å². The second-order valence-corrected chi connectivity index (χ2v) is 13.5. The van der Waals surface area contributed by atoms with E-state index >= 15 is 0 Å². The first-order valence-corrected chi connectivity index (χ1v) is 18.5. The molecule has 0 saturated carbocycles. The third-order valence-corrected chi connectivity index (χ3v) is 9.82. The van der Waals surface area contributed by atoms with Crippen molar-refractivity contribution in [3.8, 4) is 11.5 Å². The summed E-state index contributed by atoms with van der Waals surface area (Å²) in [4.78, 5) is 0. The number of ether oxygens (including phenoxy) is 10. The van der Waals surface area contributed by atoms with Crippen LogP contribution in [0.2, 0.25) is 0 Å². The van der Waals surface area contributed by atoms with Crippen LogP contribution in [0.5, 0.6) is 11.5 Å². The van der Waals surface area contributed by atoms with Gasteiger partial charge in [-0.05, 0) is 53.4 Å². The summed E-state index contributed by atoms with van der Waals surface area (Å²) < 4.78 is 62.4. The summed E-state index contributed by atoms with van der Waals surface area (Å²) in [6.45, 7) is 2.17. The van der Waals surface area contributed by atoms with Crippen LogP contribution in [0.4, 0.5) is 0 Å². The molecule has 4 aromatic rings. The van der Waals surface area contributed by atoms with Gasteiger partial charge in [0.25, 0.3) is 0 Å². The largest absolute Gasteiger partial charge is 0.497 e. The number of aliphatic hydroxyl groups is 2. The van der Waals surface area contributed by atoms with Gasteiger partial charge in [0, 0.05) is 7.11 Å². The number of hydrogen-bond donors (Lipinski definition) is 2. The van der Waals surface area contributed by atoms with Gasteiger partial charge >= 0.3 is 0 Å². The van der Waals surface area contributed by atoms with Crippen LogP contribution in [0.1, 0.15) is 29.2 Å². The van der Waals surface area contributed by atoms with Gasteiger partial charge in [-0.1, -0.05) is 84.9 Å². The number of rotatable bonds is 18. The highest BCUT2D eigenvalue weighted by atomic mass is 16.8. The van der Waals surface area contributed by atoms with Crippen molar-refractivity contribution in [3.63, 3.8) is 0 Å². The number of benzene rings is 4. The SMILES string of the molecule is COc1ccc(CO[C@H]2[C@@H](O[C@@H]3[C@@H](OCc4ccccc4)[C@H](C)O[C@@H](OC)[C@@H]3OCc3ccccc3)O[C@H](CO)[C@H](O)[C@@H]2OCc2ccc(OC)cc2)cc1. The van der Waals surface area contributed by atoms with E-state index in [1.54, 1.807) is 21.3 Å². The fourth-order valence-corrected chi connectivity index (χ4v) is 6.76. The molecule has 2 fully saturated rings. The molecule has 2 aliphatic rings. The Hall–Kier alpha value is -3.92. The molecule has 0 unspecified atom stereocenters. The van der Waals surface area contributed by atoms with Crippen molar-refractivity contribution >= 4 is 0 Å². The average molecular weight is 761 g/mol. The van der Waals surface area contributed by atoms with Crippen LogP contribution in [0, 0.1) is 0 Å². The van der Waals surface area contributed by atoms with E-state index in [1.165, 1.54) is 0 Å². The Balaban J connectivity index is 1.33. The summed E-state index contributed by atoms with van der Waals surface area (Å²) in [5.74, 6) is 1.41. The smallest absolute Gasteiger partial charge is 0.187 e. The summed E-state index contributed by atoms with van der Waals surface area (Å²) in [5, 5.41) is 22.1. The summed E-state index contributed by atoms with van der Waals surface area (Å²) in [7, 11) is 4.76. The highest BCUT2D eigenvalue weighted by Gasteiger charge is 2.53. The van der Waals surface area contributed by atoms with Crippen molar-refractivity contribution in [2.75, 3.05) is 27.9 Å². The summed E-state index contributed by atoms with van der Waals surface area (Å²) in [6, 6.07) is 34.5. The van der Waals surface area contributed by atoms with Gasteiger partial charge in [0.15, 0.2) is 12.6 Å². The number of hydrogen-bond acceptors (Lipinski definition) is 12. The van der Waals surface area contributed by atoms with Gasteiger partial charge in [0.1, 0.15) is 54.2 Å². The van der Waals surface area contributed by atoms with Gasteiger partial charge in [-0.3, -0.25) is 0 Å². The van der Waals surface area contributed by atoms with Crippen molar-refractivity contribution in [2.45, 2.75) is 94.8 Å². The lowest BCUT2D eigenvalue weighted by Crippen LogP contribution is -2.65. The van der Waals surface area contributed by atoms with E-state index < -0.39 is 68.0 Å². The molecule has 0 amide bonds. The Bertz CT molecular complexity index is 1680. The minimum Gasteiger partial charge on any atom is -0.497 e. The Morgan fingerprint density at radius 1 is 0.509 bits per heavy atom. The van der Waals surface area contributed by atoms with Crippen molar-refractivity contribution in [2.24, 2.45) is 0 Å². The monoisotopic (exact) mass is 760 g/mol. The predicted octanol–water partition coefficient (Wildman–Crippen LogP) is 5.20. The van der Waals surface area contributed by atoms with E-state index in [2.05, 4.69) is 0 Å². The van der Waals surface area contributed by atoms with Gasteiger partial charge in [0.05, 0.1) is 53.4 Å². The van der Waals surface area contributed by atoms with Crippen LogP contribution in [0.15, 0.2) is 109 Å². The third kappa shape index (κ3) is 10.7. The first-order valence-electron chi connectivity index (χ1n) is 18.5. The van der Waals surface area contributed by atoms with E-state index in [9.17, 15) is 10.2 Å². The quantitative estimate of drug-likeness (QED) is 0.138. The minimum atomic E-state index is -1.26. The maximum atomic E-state index is 11.6. The maximum absolute atomic E-state index is 11.6. The lowest BCUT2D eigenvalue weighted by molar-refractivity contribution is -0.371. The van der Waals surface area contributed by atoms with Crippen LogP contribution >= 0.6 is 0 Å². The molecular weight excluding hydrogens is 708 g/mol. The molecule has 0 spiro atoms. The van der Waals surface area contributed by atoms with Crippen LogP contribution in [-0.4, -0.2) is 99.6 Å². The summed E-state index contributed by atoms with van der Waals surface area (Å²) >= 11 is 0. The Labute approximate surface area is 322 Å². The summed E-state index contributed by atoms with van der Waals surface area (Å²) in [5.41, 5.74) is 3.60. The molecule has 2 saturated heterocycles. The topological polar surface area (TPSA) is 133 Å². The first kappa shape index (κ1) is 40.7. The minimum absolute atomic E-state index is 0.129. The molecule has 296 valence electrons. The maximum Gasteiger partial charge on any atom is 0.187 e. The fourth-order valence-electron chi connectivity index (χ4n) is 6.76. The molecular formula is C43H52O12. The van der Waals surface area contributed by atoms with E-state index in [0.717, 1.165) is 22.3 Å². The number of aliphatic hydroxyl groups excluding tert-OH is 2. The molecule has 0 aliphatic carbocycles. The normalized spacial score (nSPS) is 28.1. The van der Waals surface area contributed by atoms with Crippen molar-refractivity contribution < 1.29 is 57.6 Å². The Kier molecular flexibility index (Phi) is 15.0. The Morgan fingerprint density at radius 3 is 1.40 bits per heavy atom. The lowest BCUT2D eigenvalue weighted by atomic mass is 9.96.